The van der Waals surface area contributed by atoms with E-state index in [1.165, 1.54) is 31.2 Å². The number of nitrogens with one attached hydrogen (secondary N) is 1. The van der Waals surface area contributed by atoms with Gasteiger partial charge in [0.05, 0.1) is 0 Å². The first kappa shape index (κ1) is 14.8. The summed E-state index contributed by atoms with van der Waals surface area (Å²) in [6, 6.07) is 5.92. The van der Waals surface area contributed by atoms with Crippen LogP contribution in [-0.4, -0.2) is 48.6 Å². The maximum absolute atomic E-state index is 4.70. The lowest BCUT2D eigenvalue weighted by Gasteiger charge is -2.26. The van der Waals surface area contributed by atoms with Crippen molar-refractivity contribution in [3.05, 3.63) is 23.9 Å². The summed E-state index contributed by atoms with van der Waals surface area (Å²) in [7, 11) is 2.29. The quantitative estimate of drug-likeness (QED) is 0.842. The summed E-state index contributed by atoms with van der Waals surface area (Å²) in [5, 5.41) is 3.43. The second kappa shape index (κ2) is 6.75. The maximum Gasteiger partial charge on any atom is 0.128 e. The molecule has 0 spiro atoms. The minimum atomic E-state index is 0.713. The SMILES string of the molecule is CCCNCc1ccc(N2CCC3CCC(C2)N3C)nc1. The number of aromatic nitrogens is 1. The predicted molar refractivity (Wildman–Crippen MR) is 87.6 cm³/mol. The molecule has 0 aliphatic carbocycles. The summed E-state index contributed by atoms with van der Waals surface area (Å²) in [5.41, 5.74) is 1.28. The van der Waals surface area contributed by atoms with Crippen molar-refractivity contribution in [2.75, 3.05) is 31.6 Å². The molecule has 0 saturated carbocycles. The zero-order chi connectivity index (χ0) is 14.7. The van der Waals surface area contributed by atoms with Gasteiger partial charge < -0.3 is 10.2 Å². The van der Waals surface area contributed by atoms with Crippen LogP contribution in [0.5, 0.6) is 0 Å². The van der Waals surface area contributed by atoms with Crippen molar-refractivity contribution >= 4 is 5.82 Å². The summed E-state index contributed by atoms with van der Waals surface area (Å²) in [6.07, 6.45) is 7.20. The third kappa shape index (κ3) is 3.38. The van der Waals surface area contributed by atoms with Crippen LogP contribution in [0.25, 0.3) is 0 Å². The molecule has 0 aromatic carbocycles. The Bertz CT molecular complexity index is 445. The molecule has 2 unspecified atom stereocenters. The molecule has 21 heavy (non-hydrogen) atoms. The Morgan fingerprint density at radius 3 is 2.86 bits per heavy atom. The summed E-state index contributed by atoms with van der Waals surface area (Å²) in [6.45, 7) is 6.47. The van der Waals surface area contributed by atoms with Crippen molar-refractivity contribution in [2.45, 2.75) is 51.2 Å². The number of pyridine rings is 1. The van der Waals surface area contributed by atoms with Crippen LogP contribution in [0.2, 0.25) is 0 Å². The second-order valence-electron chi connectivity index (χ2n) is 6.49. The Morgan fingerprint density at radius 1 is 1.24 bits per heavy atom. The molecule has 2 atom stereocenters. The zero-order valence-electron chi connectivity index (χ0n) is 13.4. The van der Waals surface area contributed by atoms with Gasteiger partial charge in [-0.15, -0.1) is 0 Å². The Morgan fingerprint density at radius 2 is 2.10 bits per heavy atom. The van der Waals surface area contributed by atoms with Gasteiger partial charge in [-0.1, -0.05) is 13.0 Å². The maximum atomic E-state index is 4.70. The molecule has 2 saturated heterocycles. The van der Waals surface area contributed by atoms with Crippen LogP contribution >= 0.6 is 0 Å². The average Bonchev–Trinajstić information content (AvgIpc) is 2.74. The van der Waals surface area contributed by atoms with Crippen molar-refractivity contribution in [3.8, 4) is 0 Å². The molecule has 116 valence electrons. The van der Waals surface area contributed by atoms with E-state index in [1.54, 1.807) is 0 Å². The van der Waals surface area contributed by atoms with Crippen LogP contribution in [0.1, 0.15) is 38.2 Å². The molecule has 3 heterocycles. The first-order valence-electron chi connectivity index (χ1n) is 8.40. The molecular formula is C17H28N4. The number of hydrogen-bond acceptors (Lipinski definition) is 4. The topological polar surface area (TPSA) is 31.4 Å². The van der Waals surface area contributed by atoms with E-state index >= 15 is 0 Å². The molecule has 4 nitrogen and oxygen atoms in total. The van der Waals surface area contributed by atoms with Gasteiger partial charge in [-0.25, -0.2) is 4.98 Å². The third-order valence-corrected chi connectivity index (χ3v) is 5.04. The van der Waals surface area contributed by atoms with Crippen LogP contribution in [0.4, 0.5) is 5.82 Å². The molecule has 2 aliphatic rings. The molecule has 1 aromatic heterocycles. The Balaban J connectivity index is 1.61. The third-order valence-electron chi connectivity index (χ3n) is 5.04. The van der Waals surface area contributed by atoms with E-state index in [2.05, 4.69) is 41.2 Å². The van der Waals surface area contributed by atoms with Crippen LogP contribution in [0.15, 0.2) is 18.3 Å². The van der Waals surface area contributed by atoms with Gasteiger partial charge >= 0.3 is 0 Å². The van der Waals surface area contributed by atoms with Crippen molar-refractivity contribution in [2.24, 2.45) is 0 Å². The van der Waals surface area contributed by atoms with E-state index in [1.807, 2.05) is 6.20 Å². The molecule has 2 aliphatic heterocycles. The van der Waals surface area contributed by atoms with Gasteiger partial charge in [0.2, 0.25) is 0 Å². The Kier molecular flexibility index (Phi) is 4.76. The summed E-state index contributed by atoms with van der Waals surface area (Å²) in [4.78, 5) is 9.76. The van der Waals surface area contributed by atoms with Crippen molar-refractivity contribution < 1.29 is 0 Å². The monoisotopic (exact) mass is 288 g/mol. The fourth-order valence-electron chi connectivity index (χ4n) is 3.63. The fourth-order valence-corrected chi connectivity index (χ4v) is 3.63. The average molecular weight is 288 g/mol. The molecule has 1 aromatic rings. The standard InChI is InChI=1S/C17H28N4/c1-3-9-18-11-14-4-7-17(19-12-14)21-10-8-15-5-6-16(13-21)20(15)2/h4,7,12,15-16,18H,3,5-6,8-11,13H2,1-2H3. The van der Waals surface area contributed by atoms with E-state index in [-0.39, 0.29) is 0 Å². The van der Waals surface area contributed by atoms with E-state index in [9.17, 15) is 0 Å². The molecule has 3 rings (SSSR count). The number of hydrogen-bond donors (Lipinski definition) is 1. The van der Waals surface area contributed by atoms with E-state index < -0.39 is 0 Å². The van der Waals surface area contributed by atoms with E-state index in [4.69, 9.17) is 4.98 Å². The first-order valence-corrected chi connectivity index (χ1v) is 8.40. The lowest BCUT2D eigenvalue weighted by molar-refractivity contribution is 0.254. The van der Waals surface area contributed by atoms with Crippen LogP contribution < -0.4 is 10.2 Å². The minimum Gasteiger partial charge on any atom is -0.355 e. The molecule has 0 radical (unpaired) electrons. The molecule has 2 bridgehead atoms. The van der Waals surface area contributed by atoms with Crippen molar-refractivity contribution in [1.82, 2.24) is 15.2 Å². The minimum absolute atomic E-state index is 0.713. The highest BCUT2D eigenvalue weighted by atomic mass is 15.3. The number of likely N-dealkylation sites (N-methyl/N-ethyl adjacent to an activating group) is 1. The fraction of sp³-hybridized carbons (Fsp3) is 0.706. The highest BCUT2D eigenvalue weighted by Gasteiger charge is 2.34. The van der Waals surface area contributed by atoms with Gasteiger partial charge in [-0.2, -0.15) is 0 Å². The van der Waals surface area contributed by atoms with Crippen LogP contribution in [0, 0.1) is 0 Å². The van der Waals surface area contributed by atoms with Gasteiger partial charge in [0, 0.05) is 37.9 Å². The molecule has 4 heteroatoms. The summed E-state index contributed by atoms with van der Waals surface area (Å²) < 4.78 is 0. The smallest absolute Gasteiger partial charge is 0.128 e. The van der Waals surface area contributed by atoms with Crippen molar-refractivity contribution in [1.29, 1.82) is 0 Å². The highest BCUT2D eigenvalue weighted by molar-refractivity contribution is 5.40. The lowest BCUT2D eigenvalue weighted by Crippen LogP contribution is -2.36. The van der Waals surface area contributed by atoms with Crippen molar-refractivity contribution in [3.63, 3.8) is 0 Å². The van der Waals surface area contributed by atoms with Crippen LogP contribution in [0.3, 0.4) is 0 Å². The molecular weight excluding hydrogens is 260 g/mol. The Hall–Kier alpha value is -1.13. The van der Waals surface area contributed by atoms with E-state index in [0.29, 0.717) is 6.04 Å². The van der Waals surface area contributed by atoms with Gasteiger partial charge in [0.1, 0.15) is 5.82 Å². The normalized spacial score (nSPS) is 26.1. The van der Waals surface area contributed by atoms with Gasteiger partial charge in [-0.05, 0) is 50.9 Å². The van der Waals surface area contributed by atoms with Gasteiger partial charge in [0.25, 0.3) is 0 Å². The first-order chi connectivity index (χ1) is 10.3. The molecule has 1 N–H and O–H groups in total. The van der Waals surface area contributed by atoms with Gasteiger partial charge in [-0.3, -0.25) is 4.90 Å². The van der Waals surface area contributed by atoms with E-state index in [0.717, 1.165) is 38.0 Å². The predicted octanol–water partition coefficient (Wildman–Crippen LogP) is 2.25. The number of rotatable bonds is 5. The summed E-state index contributed by atoms with van der Waals surface area (Å²) >= 11 is 0. The van der Waals surface area contributed by atoms with Crippen LogP contribution in [-0.2, 0) is 6.54 Å². The highest BCUT2D eigenvalue weighted by Crippen LogP contribution is 2.30. The number of fused-ring (bicyclic) bond motifs is 2. The summed E-state index contributed by atoms with van der Waals surface area (Å²) in [5.74, 6) is 1.15. The van der Waals surface area contributed by atoms with Gasteiger partial charge in [0.15, 0.2) is 0 Å². The lowest BCUT2D eigenvalue weighted by atomic mass is 10.1. The second-order valence-corrected chi connectivity index (χ2v) is 6.49. The Labute approximate surface area is 128 Å². The zero-order valence-corrected chi connectivity index (χ0v) is 13.4. The number of nitrogens with zero attached hydrogens (tertiary/aromatic N) is 3. The number of anilines is 1. The molecule has 2 fully saturated rings. The molecule has 0 amide bonds. The largest absolute Gasteiger partial charge is 0.355 e.